The van der Waals surface area contributed by atoms with Crippen LogP contribution in [0.15, 0.2) is 0 Å². The summed E-state index contributed by atoms with van der Waals surface area (Å²) >= 11 is 0. The highest BCUT2D eigenvalue weighted by molar-refractivity contribution is 6.00. The number of rotatable bonds is 4. The minimum absolute atomic E-state index is 0.0575. The van der Waals surface area contributed by atoms with E-state index < -0.39 is 0 Å². The second-order valence-electron chi connectivity index (χ2n) is 5.13. The molecule has 1 heterocycles. The Morgan fingerprint density at radius 1 is 1.38 bits per heavy atom. The SMILES string of the molecule is CC(CC1CC1)NC1CCC(=O)N(C)C1=O. The highest BCUT2D eigenvalue weighted by Gasteiger charge is 2.33. The summed E-state index contributed by atoms with van der Waals surface area (Å²) in [4.78, 5) is 24.4. The third-order valence-corrected chi connectivity index (χ3v) is 3.52. The number of hydrogen-bond donors (Lipinski definition) is 1. The Morgan fingerprint density at radius 3 is 2.69 bits per heavy atom. The Kier molecular flexibility index (Phi) is 3.28. The van der Waals surface area contributed by atoms with Gasteiger partial charge >= 0.3 is 0 Å². The lowest BCUT2D eigenvalue weighted by atomic mass is 10.0. The van der Waals surface area contributed by atoms with Crippen LogP contribution in [0.3, 0.4) is 0 Å². The fourth-order valence-corrected chi connectivity index (χ4v) is 2.34. The van der Waals surface area contributed by atoms with E-state index in [1.807, 2.05) is 0 Å². The number of amides is 2. The third-order valence-electron chi connectivity index (χ3n) is 3.52. The molecule has 0 spiro atoms. The second kappa shape index (κ2) is 4.53. The van der Waals surface area contributed by atoms with Gasteiger partial charge in [0, 0.05) is 19.5 Å². The summed E-state index contributed by atoms with van der Waals surface area (Å²) in [5, 5.41) is 3.35. The van der Waals surface area contributed by atoms with E-state index in [0.717, 1.165) is 12.3 Å². The lowest BCUT2D eigenvalue weighted by Crippen LogP contribution is -2.53. The van der Waals surface area contributed by atoms with Crippen molar-refractivity contribution in [2.24, 2.45) is 5.92 Å². The van der Waals surface area contributed by atoms with Crippen LogP contribution in [0.1, 0.15) is 39.0 Å². The molecule has 1 aliphatic carbocycles. The number of piperidine rings is 1. The van der Waals surface area contributed by atoms with Gasteiger partial charge in [0.2, 0.25) is 11.8 Å². The van der Waals surface area contributed by atoms with Gasteiger partial charge in [0.25, 0.3) is 0 Å². The zero-order chi connectivity index (χ0) is 11.7. The quantitative estimate of drug-likeness (QED) is 0.722. The molecule has 4 nitrogen and oxygen atoms in total. The van der Waals surface area contributed by atoms with E-state index in [0.29, 0.717) is 18.9 Å². The van der Waals surface area contributed by atoms with Gasteiger partial charge in [-0.25, -0.2) is 0 Å². The Morgan fingerprint density at radius 2 is 2.06 bits per heavy atom. The van der Waals surface area contributed by atoms with Crippen LogP contribution in [0.4, 0.5) is 0 Å². The van der Waals surface area contributed by atoms with Crippen molar-refractivity contribution < 1.29 is 9.59 Å². The topological polar surface area (TPSA) is 49.4 Å². The van der Waals surface area contributed by atoms with Crippen LogP contribution in [0.5, 0.6) is 0 Å². The maximum absolute atomic E-state index is 11.8. The van der Waals surface area contributed by atoms with E-state index >= 15 is 0 Å². The van der Waals surface area contributed by atoms with Crippen LogP contribution in [0, 0.1) is 5.92 Å². The van der Waals surface area contributed by atoms with Crippen LogP contribution < -0.4 is 5.32 Å². The highest BCUT2D eigenvalue weighted by Crippen LogP contribution is 2.33. The molecule has 0 aromatic rings. The lowest BCUT2D eigenvalue weighted by Gasteiger charge is -2.30. The summed E-state index contributed by atoms with van der Waals surface area (Å²) in [7, 11) is 1.57. The molecule has 0 bridgehead atoms. The molecule has 4 heteroatoms. The maximum atomic E-state index is 11.8. The van der Waals surface area contributed by atoms with Gasteiger partial charge in [-0.2, -0.15) is 0 Å². The van der Waals surface area contributed by atoms with Crippen molar-refractivity contribution in [2.45, 2.75) is 51.1 Å². The standard InChI is InChI=1S/C12H20N2O2/c1-8(7-9-3-4-9)13-10-5-6-11(15)14(2)12(10)16/h8-10,13H,3-7H2,1-2H3. The molecule has 0 radical (unpaired) electrons. The van der Waals surface area contributed by atoms with E-state index in [-0.39, 0.29) is 17.9 Å². The average Bonchev–Trinajstić information content (AvgIpc) is 3.03. The van der Waals surface area contributed by atoms with Crippen LogP contribution in [0.25, 0.3) is 0 Å². The molecular formula is C12H20N2O2. The summed E-state index contributed by atoms with van der Waals surface area (Å²) in [6, 6.07) is 0.222. The average molecular weight is 224 g/mol. The number of likely N-dealkylation sites (N-methyl/N-ethyl adjacent to an activating group) is 1. The van der Waals surface area contributed by atoms with E-state index in [1.165, 1.54) is 17.7 Å². The molecule has 2 amide bonds. The number of nitrogens with zero attached hydrogens (tertiary/aromatic N) is 1. The van der Waals surface area contributed by atoms with Gasteiger partial charge in [0.1, 0.15) is 0 Å². The molecule has 1 saturated carbocycles. The van der Waals surface area contributed by atoms with Crippen LogP contribution in [-0.2, 0) is 9.59 Å². The first-order chi connectivity index (χ1) is 7.58. The molecule has 2 unspecified atom stereocenters. The Bertz CT molecular complexity index is 299. The van der Waals surface area contributed by atoms with Gasteiger partial charge in [0.05, 0.1) is 6.04 Å². The summed E-state index contributed by atoms with van der Waals surface area (Å²) in [5.41, 5.74) is 0. The normalized spacial score (nSPS) is 28.4. The van der Waals surface area contributed by atoms with Gasteiger partial charge in [-0.3, -0.25) is 14.5 Å². The minimum Gasteiger partial charge on any atom is -0.303 e. The summed E-state index contributed by atoms with van der Waals surface area (Å²) in [6.45, 7) is 2.13. The van der Waals surface area contributed by atoms with Crippen molar-refractivity contribution >= 4 is 11.8 Å². The Balaban J connectivity index is 1.84. The molecule has 90 valence electrons. The lowest BCUT2D eigenvalue weighted by molar-refractivity contribution is -0.148. The van der Waals surface area contributed by atoms with Crippen molar-refractivity contribution in [3.8, 4) is 0 Å². The number of imide groups is 1. The molecule has 2 fully saturated rings. The molecular weight excluding hydrogens is 204 g/mol. The van der Waals surface area contributed by atoms with Crippen LogP contribution >= 0.6 is 0 Å². The van der Waals surface area contributed by atoms with Crippen molar-refractivity contribution in [3.05, 3.63) is 0 Å². The fraction of sp³-hybridized carbons (Fsp3) is 0.833. The Labute approximate surface area is 96.4 Å². The molecule has 2 atom stereocenters. The summed E-state index contributed by atoms with van der Waals surface area (Å²) in [5.74, 6) is 0.734. The predicted octanol–water partition coefficient (Wildman–Crippen LogP) is 0.912. The van der Waals surface area contributed by atoms with Crippen molar-refractivity contribution in [1.29, 1.82) is 0 Å². The number of carbonyl (C=O) groups is 2. The van der Waals surface area contributed by atoms with Crippen molar-refractivity contribution in [2.75, 3.05) is 7.05 Å². The fourth-order valence-electron chi connectivity index (χ4n) is 2.34. The largest absolute Gasteiger partial charge is 0.303 e. The Hall–Kier alpha value is -0.900. The molecule has 16 heavy (non-hydrogen) atoms. The first-order valence-corrected chi connectivity index (χ1v) is 6.14. The molecule has 1 saturated heterocycles. The monoisotopic (exact) mass is 224 g/mol. The molecule has 1 N–H and O–H groups in total. The van der Waals surface area contributed by atoms with Gasteiger partial charge in [0.15, 0.2) is 0 Å². The van der Waals surface area contributed by atoms with E-state index in [1.54, 1.807) is 7.05 Å². The molecule has 0 aromatic heterocycles. The van der Waals surface area contributed by atoms with E-state index in [2.05, 4.69) is 12.2 Å². The van der Waals surface area contributed by atoms with Crippen molar-refractivity contribution in [1.82, 2.24) is 10.2 Å². The number of nitrogens with one attached hydrogen (secondary N) is 1. The first kappa shape index (κ1) is 11.6. The molecule has 0 aromatic carbocycles. The second-order valence-corrected chi connectivity index (χ2v) is 5.13. The molecule has 2 rings (SSSR count). The first-order valence-electron chi connectivity index (χ1n) is 6.14. The maximum Gasteiger partial charge on any atom is 0.246 e. The molecule has 2 aliphatic rings. The van der Waals surface area contributed by atoms with Crippen LogP contribution in [0.2, 0.25) is 0 Å². The van der Waals surface area contributed by atoms with E-state index in [9.17, 15) is 9.59 Å². The third kappa shape index (κ3) is 2.61. The minimum atomic E-state index is -0.156. The number of carbonyl (C=O) groups excluding carboxylic acids is 2. The zero-order valence-electron chi connectivity index (χ0n) is 10.0. The summed E-state index contributed by atoms with van der Waals surface area (Å²) < 4.78 is 0. The number of hydrogen-bond acceptors (Lipinski definition) is 3. The number of likely N-dealkylation sites (tertiary alicyclic amines) is 1. The van der Waals surface area contributed by atoms with Gasteiger partial charge < -0.3 is 5.32 Å². The zero-order valence-corrected chi connectivity index (χ0v) is 10.0. The van der Waals surface area contributed by atoms with Crippen LogP contribution in [-0.4, -0.2) is 35.8 Å². The van der Waals surface area contributed by atoms with Gasteiger partial charge in [-0.05, 0) is 25.7 Å². The summed E-state index contributed by atoms with van der Waals surface area (Å²) in [6.07, 6.45) is 4.96. The van der Waals surface area contributed by atoms with Crippen molar-refractivity contribution in [3.63, 3.8) is 0 Å². The predicted molar refractivity (Wildman–Crippen MR) is 60.7 cm³/mol. The molecule has 1 aliphatic heterocycles. The van der Waals surface area contributed by atoms with Gasteiger partial charge in [-0.1, -0.05) is 12.8 Å². The highest BCUT2D eigenvalue weighted by atomic mass is 16.2. The van der Waals surface area contributed by atoms with E-state index in [4.69, 9.17) is 0 Å². The smallest absolute Gasteiger partial charge is 0.246 e. The van der Waals surface area contributed by atoms with Gasteiger partial charge in [-0.15, -0.1) is 0 Å².